The van der Waals surface area contributed by atoms with Gasteiger partial charge in [-0.15, -0.1) is 0 Å². The van der Waals surface area contributed by atoms with Gasteiger partial charge in [0, 0.05) is 0 Å². The molecule has 1 saturated carbocycles. The summed E-state index contributed by atoms with van der Waals surface area (Å²) in [5.74, 6) is -0.174. The van der Waals surface area contributed by atoms with Crippen molar-refractivity contribution in [2.75, 3.05) is 0 Å². The maximum absolute atomic E-state index is 11.2. The van der Waals surface area contributed by atoms with Gasteiger partial charge in [-0.3, -0.25) is 4.79 Å². The van der Waals surface area contributed by atoms with Gasteiger partial charge in [-0.05, 0) is 44.4 Å². The standard InChI is InChI=1S/C21H38O2/c1-3-4-5-6-7-8-9-10-11-12-13-14-15-16-17-21(20(22)23)18-19(21)2/h10-11,19H,3-9,12-18H2,1-2H3,(H,22,23)/b11-10-. The molecule has 0 amide bonds. The highest BCUT2D eigenvalue weighted by atomic mass is 16.4. The van der Waals surface area contributed by atoms with Crippen molar-refractivity contribution in [2.45, 2.75) is 104 Å². The minimum atomic E-state index is -0.567. The Bertz CT molecular complexity index is 348. The molecule has 0 saturated heterocycles. The summed E-state index contributed by atoms with van der Waals surface area (Å²) < 4.78 is 0. The zero-order valence-electron chi connectivity index (χ0n) is 15.5. The second kappa shape index (κ2) is 11.7. The maximum Gasteiger partial charge on any atom is 0.309 e. The molecule has 1 aliphatic carbocycles. The molecule has 0 aromatic rings. The normalized spacial score (nSPS) is 23.5. The fourth-order valence-electron chi connectivity index (χ4n) is 3.58. The van der Waals surface area contributed by atoms with Crippen molar-refractivity contribution in [3.05, 3.63) is 12.2 Å². The van der Waals surface area contributed by atoms with E-state index in [0.29, 0.717) is 5.92 Å². The Morgan fingerprint density at radius 2 is 1.43 bits per heavy atom. The van der Waals surface area contributed by atoms with Crippen molar-refractivity contribution in [2.24, 2.45) is 11.3 Å². The number of carboxylic acids is 1. The van der Waals surface area contributed by atoms with Crippen molar-refractivity contribution >= 4 is 5.97 Å². The van der Waals surface area contributed by atoms with Crippen LogP contribution in [0.2, 0.25) is 0 Å². The number of allylic oxidation sites excluding steroid dienone is 2. The third-order valence-electron chi connectivity index (χ3n) is 5.51. The molecule has 2 heteroatoms. The largest absolute Gasteiger partial charge is 0.481 e. The number of carbonyl (C=O) groups is 1. The summed E-state index contributed by atoms with van der Waals surface area (Å²) in [4.78, 5) is 11.2. The van der Waals surface area contributed by atoms with Crippen LogP contribution in [0.25, 0.3) is 0 Å². The highest BCUT2D eigenvalue weighted by Crippen LogP contribution is 2.56. The second-order valence-electron chi connectivity index (χ2n) is 7.55. The Balaban J connectivity index is 1.84. The molecule has 0 aromatic carbocycles. The van der Waals surface area contributed by atoms with E-state index in [4.69, 9.17) is 0 Å². The van der Waals surface area contributed by atoms with Gasteiger partial charge in [0.05, 0.1) is 5.41 Å². The minimum Gasteiger partial charge on any atom is -0.481 e. The van der Waals surface area contributed by atoms with E-state index in [9.17, 15) is 9.90 Å². The molecule has 0 aromatic heterocycles. The third-order valence-corrected chi connectivity index (χ3v) is 5.51. The van der Waals surface area contributed by atoms with Crippen LogP contribution in [-0.2, 0) is 4.79 Å². The predicted octanol–water partition coefficient (Wildman–Crippen LogP) is 6.74. The van der Waals surface area contributed by atoms with Crippen LogP contribution >= 0.6 is 0 Å². The van der Waals surface area contributed by atoms with Gasteiger partial charge in [-0.1, -0.05) is 77.4 Å². The lowest BCUT2D eigenvalue weighted by atomic mass is 9.95. The van der Waals surface area contributed by atoms with Crippen LogP contribution in [0.5, 0.6) is 0 Å². The van der Waals surface area contributed by atoms with Crippen molar-refractivity contribution < 1.29 is 9.90 Å². The van der Waals surface area contributed by atoms with Crippen LogP contribution in [0.1, 0.15) is 104 Å². The average Bonchev–Trinajstić information content (AvgIpc) is 3.19. The highest BCUT2D eigenvalue weighted by molar-refractivity contribution is 5.78. The second-order valence-corrected chi connectivity index (χ2v) is 7.55. The highest BCUT2D eigenvalue weighted by Gasteiger charge is 2.56. The monoisotopic (exact) mass is 322 g/mol. The minimum absolute atomic E-state index is 0.350. The molecule has 23 heavy (non-hydrogen) atoms. The molecule has 0 heterocycles. The number of unbranched alkanes of at least 4 members (excludes halogenated alkanes) is 10. The first-order chi connectivity index (χ1) is 11.1. The van der Waals surface area contributed by atoms with Crippen LogP contribution in [-0.4, -0.2) is 11.1 Å². The number of carboxylic acid groups (broad SMARTS) is 1. The van der Waals surface area contributed by atoms with Gasteiger partial charge >= 0.3 is 5.97 Å². The molecule has 1 fully saturated rings. The van der Waals surface area contributed by atoms with E-state index in [1.54, 1.807) is 0 Å². The van der Waals surface area contributed by atoms with Crippen LogP contribution in [0.3, 0.4) is 0 Å². The fraction of sp³-hybridized carbons (Fsp3) is 0.857. The molecular formula is C21H38O2. The summed E-state index contributed by atoms with van der Waals surface area (Å²) in [6.45, 7) is 4.34. The van der Waals surface area contributed by atoms with Gasteiger partial charge in [0.25, 0.3) is 0 Å². The average molecular weight is 323 g/mol. The van der Waals surface area contributed by atoms with E-state index in [0.717, 1.165) is 19.3 Å². The molecule has 0 spiro atoms. The van der Waals surface area contributed by atoms with E-state index in [1.165, 1.54) is 70.6 Å². The summed E-state index contributed by atoms with van der Waals surface area (Å²) in [6.07, 6.45) is 21.9. The van der Waals surface area contributed by atoms with Gasteiger partial charge in [0.15, 0.2) is 0 Å². The van der Waals surface area contributed by atoms with Crippen molar-refractivity contribution in [3.8, 4) is 0 Å². The topological polar surface area (TPSA) is 37.3 Å². The predicted molar refractivity (Wildman–Crippen MR) is 98.7 cm³/mol. The molecule has 2 nitrogen and oxygen atoms in total. The lowest BCUT2D eigenvalue weighted by Gasteiger charge is -2.10. The molecule has 0 bridgehead atoms. The zero-order valence-corrected chi connectivity index (χ0v) is 15.5. The molecule has 134 valence electrons. The summed E-state index contributed by atoms with van der Waals surface area (Å²) >= 11 is 0. The van der Waals surface area contributed by atoms with Crippen LogP contribution in [0.15, 0.2) is 12.2 Å². The quantitative estimate of drug-likeness (QED) is 0.267. The van der Waals surface area contributed by atoms with Gasteiger partial charge < -0.3 is 5.11 Å². The first-order valence-corrected chi connectivity index (χ1v) is 10.0. The lowest BCUT2D eigenvalue weighted by Crippen LogP contribution is -2.16. The summed E-state index contributed by atoms with van der Waals surface area (Å²) in [5, 5.41) is 9.27. The zero-order chi connectivity index (χ0) is 17.0. The first-order valence-electron chi connectivity index (χ1n) is 10.0. The third kappa shape index (κ3) is 8.04. The van der Waals surface area contributed by atoms with Crippen molar-refractivity contribution in [1.29, 1.82) is 0 Å². The van der Waals surface area contributed by atoms with E-state index >= 15 is 0 Å². The van der Waals surface area contributed by atoms with Crippen molar-refractivity contribution in [1.82, 2.24) is 0 Å². The smallest absolute Gasteiger partial charge is 0.309 e. The molecule has 2 unspecified atom stereocenters. The first kappa shape index (κ1) is 20.3. The number of hydrogen-bond donors (Lipinski definition) is 1. The molecule has 1 aliphatic rings. The van der Waals surface area contributed by atoms with Gasteiger partial charge in [-0.2, -0.15) is 0 Å². The van der Waals surface area contributed by atoms with E-state index < -0.39 is 5.97 Å². The van der Waals surface area contributed by atoms with Gasteiger partial charge in [-0.25, -0.2) is 0 Å². The van der Waals surface area contributed by atoms with E-state index in [1.807, 2.05) is 0 Å². The Labute approximate surface area is 143 Å². The number of hydrogen-bond acceptors (Lipinski definition) is 1. The van der Waals surface area contributed by atoms with Gasteiger partial charge in [0.1, 0.15) is 0 Å². The number of aliphatic carboxylic acids is 1. The molecule has 0 radical (unpaired) electrons. The Morgan fingerprint density at radius 3 is 1.91 bits per heavy atom. The summed E-state index contributed by atoms with van der Waals surface area (Å²) in [5.41, 5.74) is -0.350. The van der Waals surface area contributed by atoms with E-state index in [2.05, 4.69) is 26.0 Å². The Kier molecular flexibility index (Phi) is 10.3. The molecule has 1 rings (SSSR count). The maximum atomic E-state index is 11.2. The summed E-state index contributed by atoms with van der Waals surface area (Å²) in [7, 11) is 0. The Morgan fingerprint density at radius 1 is 0.957 bits per heavy atom. The Hall–Kier alpha value is -0.790. The SMILES string of the molecule is CCCCCCCC/C=C\CCCCCCC1(C(=O)O)CC1C. The van der Waals surface area contributed by atoms with Crippen LogP contribution < -0.4 is 0 Å². The lowest BCUT2D eigenvalue weighted by molar-refractivity contribution is -0.144. The van der Waals surface area contributed by atoms with Crippen LogP contribution in [0, 0.1) is 11.3 Å². The fourth-order valence-corrected chi connectivity index (χ4v) is 3.58. The number of rotatable bonds is 15. The van der Waals surface area contributed by atoms with E-state index in [-0.39, 0.29) is 5.41 Å². The molecule has 0 aliphatic heterocycles. The molecule has 2 atom stereocenters. The van der Waals surface area contributed by atoms with Gasteiger partial charge in [0.2, 0.25) is 0 Å². The summed E-state index contributed by atoms with van der Waals surface area (Å²) in [6, 6.07) is 0. The van der Waals surface area contributed by atoms with Crippen molar-refractivity contribution in [3.63, 3.8) is 0 Å². The molecule has 1 N–H and O–H groups in total. The molecular weight excluding hydrogens is 284 g/mol. The van der Waals surface area contributed by atoms with Crippen LogP contribution in [0.4, 0.5) is 0 Å².